The van der Waals surface area contributed by atoms with E-state index in [4.69, 9.17) is 10.5 Å². The minimum absolute atomic E-state index is 0.000000472. The van der Waals surface area contributed by atoms with Crippen molar-refractivity contribution in [2.24, 2.45) is 11.7 Å². The van der Waals surface area contributed by atoms with Gasteiger partial charge >= 0.3 is 0 Å². The fraction of sp³-hybridized carbons (Fsp3) is 0.923. The van der Waals surface area contributed by atoms with Gasteiger partial charge in [0.15, 0.2) is 0 Å². The zero-order chi connectivity index (χ0) is 13.6. The lowest BCUT2D eigenvalue weighted by atomic mass is 10.00. The second kappa shape index (κ2) is 7.07. The molecule has 1 rings (SSSR count). The Morgan fingerprint density at radius 1 is 1.50 bits per heavy atom. The molecular weight excluding hydrogens is 232 g/mol. The van der Waals surface area contributed by atoms with Crippen LogP contribution in [0.4, 0.5) is 0 Å². The first-order chi connectivity index (χ1) is 8.43. The average molecular weight is 258 g/mol. The van der Waals surface area contributed by atoms with Crippen molar-refractivity contribution in [2.45, 2.75) is 51.2 Å². The molecule has 1 aliphatic rings. The van der Waals surface area contributed by atoms with Gasteiger partial charge in [-0.3, -0.25) is 4.79 Å². The number of ether oxygens (including phenoxy) is 1. The summed E-state index contributed by atoms with van der Waals surface area (Å²) in [7, 11) is 0. The van der Waals surface area contributed by atoms with Gasteiger partial charge < -0.3 is 20.9 Å². The molecule has 0 saturated carbocycles. The summed E-state index contributed by atoms with van der Waals surface area (Å²) in [5.41, 5.74) is 4.79. The van der Waals surface area contributed by atoms with Crippen LogP contribution in [-0.2, 0) is 9.53 Å². The van der Waals surface area contributed by atoms with E-state index in [1.165, 1.54) is 0 Å². The van der Waals surface area contributed by atoms with Crippen LogP contribution in [0.1, 0.15) is 39.5 Å². The standard InChI is InChI=1S/C13H26N2O3/c1-10(4-3-5-11(2)14)12(16)15-8-13(17)6-7-18-9-13/h10-11,17H,3-9,14H2,1-2H3,(H,15,16). The van der Waals surface area contributed by atoms with Gasteiger partial charge in [-0.1, -0.05) is 13.3 Å². The summed E-state index contributed by atoms with van der Waals surface area (Å²) in [4.78, 5) is 11.8. The maximum Gasteiger partial charge on any atom is 0.222 e. The summed E-state index contributed by atoms with van der Waals surface area (Å²) in [5.74, 6) is -0.0327. The molecule has 18 heavy (non-hydrogen) atoms. The van der Waals surface area contributed by atoms with Crippen molar-refractivity contribution >= 4 is 5.91 Å². The predicted molar refractivity (Wildman–Crippen MR) is 70.1 cm³/mol. The second-order valence-electron chi connectivity index (χ2n) is 5.55. The fourth-order valence-corrected chi connectivity index (χ4v) is 2.04. The highest BCUT2D eigenvalue weighted by Crippen LogP contribution is 2.17. The van der Waals surface area contributed by atoms with Crippen LogP contribution in [0.25, 0.3) is 0 Å². The lowest BCUT2D eigenvalue weighted by Crippen LogP contribution is -2.44. The Morgan fingerprint density at radius 3 is 2.78 bits per heavy atom. The summed E-state index contributed by atoms with van der Waals surface area (Å²) < 4.78 is 5.13. The maximum atomic E-state index is 11.8. The molecule has 0 aromatic heterocycles. The number of rotatable bonds is 7. The highest BCUT2D eigenvalue weighted by Gasteiger charge is 2.32. The van der Waals surface area contributed by atoms with Crippen LogP contribution in [0, 0.1) is 5.92 Å². The summed E-state index contributed by atoms with van der Waals surface area (Å²) in [6, 6.07) is 0.191. The molecule has 0 radical (unpaired) electrons. The van der Waals surface area contributed by atoms with Crippen molar-refractivity contribution < 1.29 is 14.6 Å². The van der Waals surface area contributed by atoms with Crippen LogP contribution in [0.15, 0.2) is 0 Å². The van der Waals surface area contributed by atoms with Gasteiger partial charge in [0.25, 0.3) is 0 Å². The minimum atomic E-state index is -0.874. The summed E-state index contributed by atoms with van der Waals surface area (Å²) in [5, 5.41) is 12.8. The van der Waals surface area contributed by atoms with E-state index in [0.29, 0.717) is 19.6 Å². The van der Waals surface area contributed by atoms with Crippen LogP contribution in [0.2, 0.25) is 0 Å². The monoisotopic (exact) mass is 258 g/mol. The van der Waals surface area contributed by atoms with E-state index in [9.17, 15) is 9.90 Å². The first kappa shape index (κ1) is 15.4. The van der Waals surface area contributed by atoms with Crippen LogP contribution in [0.5, 0.6) is 0 Å². The Bertz CT molecular complexity index is 263. The molecule has 1 heterocycles. The Morgan fingerprint density at radius 2 is 2.22 bits per heavy atom. The van der Waals surface area contributed by atoms with E-state index in [1.54, 1.807) is 0 Å². The molecule has 1 saturated heterocycles. The molecule has 0 aromatic rings. The molecule has 3 atom stereocenters. The minimum Gasteiger partial charge on any atom is -0.386 e. The number of nitrogens with one attached hydrogen (secondary N) is 1. The van der Waals surface area contributed by atoms with E-state index >= 15 is 0 Å². The Kier molecular flexibility index (Phi) is 6.05. The first-order valence-corrected chi connectivity index (χ1v) is 6.76. The predicted octanol–water partition coefficient (Wildman–Crippen LogP) is 0.408. The summed E-state index contributed by atoms with van der Waals surface area (Å²) >= 11 is 0. The maximum absolute atomic E-state index is 11.8. The number of amides is 1. The highest BCUT2D eigenvalue weighted by molar-refractivity contribution is 5.78. The Labute approximate surface area is 109 Å². The van der Waals surface area contributed by atoms with Crippen LogP contribution < -0.4 is 11.1 Å². The van der Waals surface area contributed by atoms with Crippen molar-refractivity contribution in [1.82, 2.24) is 5.32 Å². The molecule has 0 bridgehead atoms. The van der Waals surface area contributed by atoms with Crippen molar-refractivity contribution in [1.29, 1.82) is 0 Å². The number of carbonyl (C=O) groups is 1. The smallest absolute Gasteiger partial charge is 0.222 e. The van der Waals surface area contributed by atoms with Crippen molar-refractivity contribution in [3.63, 3.8) is 0 Å². The number of carbonyl (C=O) groups excluding carboxylic acids is 1. The van der Waals surface area contributed by atoms with Gasteiger partial charge in [-0.15, -0.1) is 0 Å². The molecule has 0 spiro atoms. The van der Waals surface area contributed by atoms with Gasteiger partial charge in [-0.05, 0) is 19.8 Å². The molecule has 106 valence electrons. The van der Waals surface area contributed by atoms with Gasteiger partial charge in [-0.25, -0.2) is 0 Å². The summed E-state index contributed by atoms with van der Waals surface area (Å²) in [6.07, 6.45) is 3.32. The second-order valence-corrected chi connectivity index (χ2v) is 5.55. The third-order valence-electron chi connectivity index (χ3n) is 3.42. The number of hydrogen-bond acceptors (Lipinski definition) is 4. The van der Waals surface area contributed by atoms with Crippen molar-refractivity contribution in [3.05, 3.63) is 0 Å². The Hall–Kier alpha value is -0.650. The third kappa shape index (κ3) is 5.33. The van der Waals surface area contributed by atoms with Gasteiger partial charge in [0.05, 0.1) is 6.61 Å². The molecule has 3 unspecified atom stereocenters. The number of hydrogen-bond donors (Lipinski definition) is 3. The van der Waals surface area contributed by atoms with E-state index in [0.717, 1.165) is 19.3 Å². The van der Waals surface area contributed by atoms with Crippen LogP contribution in [-0.4, -0.2) is 42.4 Å². The summed E-state index contributed by atoms with van der Waals surface area (Å²) in [6.45, 7) is 5.04. The zero-order valence-electron chi connectivity index (χ0n) is 11.4. The van der Waals surface area contributed by atoms with E-state index in [2.05, 4.69) is 5.32 Å². The number of aliphatic hydroxyl groups is 1. The van der Waals surface area contributed by atoms with Crippen molar-refractivity contribution in [2.75, 3.05) is 19.8 Å². The molecule has 5 heteroatoms. The molecule has 0 aliphatic carbocycles. The first-order valence-electron chi connectivity index (χ1n) is 6.76. The highest BCUT2D eigenvalue weighted by atomic mass is 16.5. The molecule has 0 aromatic carbocycles. The average Bonchev–Trinajstić information content (AvgIpc) is 2.73. The number of nitrogens with two attached hydrogens (primary N) is 1. The third-order valence-corrected chi connectivity index (χ3v) is 3.42. The SMILES string of the molecule is CC(N)CCCC(C)C(=O)NCC1(O)CCOC1. The van der Waals surface area contributed by atoms with E-state index in [-0.39, 0.29) is 24.4 Å². The van der Waals surface area contributed by atoms with Gasteiger partial charge in [0, 0.05) is 31.5 Å². The van der Waals surface area contributed by atoms with Crippen molar-refractivity contribution in [3.8, 4) is 0 Å². The molecular formula is C13H26N2O3. The topological polar surface area (TPSA) is 84.6 Å². The lowest BCUT2D eigenvalue weighted by Gasteiger charge is -2.22. The molecule has 5 nitrogen and oxygen atoms in total. The van der Waals surface area contributed by atoms with Gasteiger partial charge in [0.1, 0.15) is 5.60 Å². The van der Waals surface area contributed by atoms with E-state index in [1.807, 2.05) is 13.8 Å². The van der Waals surface area contributed by atoms with Gasteiger partial charge in [-0.2, -0.15) is 0 Å². The Balaban J connectivity index is 2.19. The zero-order valence-corrected chi connectivity index (χ0v) is 11.4. The molecule has 4 N–H and O–H groups in total. The largest absolute Gasteiger partial charge is 0.386 e. The molecule has 1 aliphatic heterocycles. The normalized spacial score (nSPS) is 26.9. The quantitative estimate of drug-likeness (QED) is 0.617. The molecule has 1 amide bonds. The van der Waals surface area contributed by atoms with Gasteiger partial charge in [0.2, 0.25) is 5.91 Å². The van der Waals surface area contributed by atoms with Crippen LogP contribution >= 0.6 is 0 Å². The lowest BCUT2D eigenvalue weighted by molar-refractivity contribution is -0.126. The van der Waals surface area contributed by atoms with E-state index < -0.39 is 5.60 Å². The van der Waals surface area contributed by atoms with Crippen LogP contribution in [0.3, 0.4) is 0 Å². The fourth-order valence-electron chi connectivity index (χ4n) is 2.04. The molecule has 1 fully saturated rings.